The first-order valence-corrected chi connectivity index (χ1v) is 7.69. The molecular weight excluding hydrogens is 266 g/mol. The number of carbonyl (C=O) groups is 2. The number of nitrogens with one attached hydrogen (secondary N) is 3. The van der Waals surface area contributed by atoms with Crippen LogP contribution >= 0.6 is 0 Å². The highest BCUT2D eigenvalue weighted by Crippen LogP contribution is 2.09. The average molecular weight is 299 g/mol. The fourth-order valence-corrected chi connectivity index (χ4v) is 1.92. The predicted octanol–water partition coefficient (Wildman–Crippen LogP) is 1.96. The van der Waals surface area contributed by atoms with Gasteiger partial charge >= 0.3 is 0 Å². The van der Waals surface area contributed by atoms with Gasteiger partial charge in [0.1, 0.15) is 0 Å². The predicted molar refractivity (Wildman–Crippen MR) is 87.1 cm³/mol. The Labute approximate surface area is 129 Å². The first-order valence-electron chi connectivity index (χ1n) is 7.69. The maximum Gasteiger partial charge on any atom is 0.237 e. The van der Waals surface area contributed by atoms with Crippen LogP contribution in [0.15, 0.2) is 0 Å². The Hall–Kier alpha value is -1.10. The lowest BCUT2D eigenvalue weighted by atomic mass is 10.0. The van der Waals surface area contributed by atoms with E-state index in [2.05, 4.69) is 16.0 Å². The van der Waals surface area contributed by atoms with Gasteiger partial charge in [-0.25, -0.2) is 0 Å². The molecule has 0 aliphatic rings. The maximum atomic E-state index is 12.4. The Bertz CT molecular complexity index is 352. The lowest BCUT2D eigenvalue weighted by Gasteiger charge is -2.30. The molecule has 1 unspecified atom stereocenters. The molecule has 0 spiro atoms. The molecule has 5 heteroatoms. The van der Waals surface area contributed by atoms with Gasteiger partial charge in [-0.15, -0.1) is 0 Å². The first-order chi connectivity index (χ1) is 9.30. The zero-order chi connectivity index (χ0) is 16.8. The quantitative estimate of drug-likeness (QED) is 0.702. The molecule has 124 valence electrons. The van der Waals surface area contributed by atoms with Crippen molar-refractivity contribution in [3.63, 3.8) is 0 Å². The summed E-state index contributed by atoms with van der Waals surface area (Å²) in [7, 11) is 0. The second-order valence-corrected chi connectivity index (χ2v) is 7.95. The summed E-state index contributed by atoms with van der Waals surface area (Å²) < 4.78 is 0. The van der Waals surface area contributed by atoms with Crippen molar-refractivity contribution in [2.45, 2.75) is 91.4 Å². The van der Waals surface area contributed by atoms with Crippen LogP contribution in [0.1, 0.15) is 68.2 Å². The summed E-state index contributed by atoms with van der Waals surface area (Å²) in [6, 6.07) is -0.253. The Morgan fingerprint density at radius 3 is 1.86 bits per heavy atom. The van der Waals surface area contributed by atoms with Crippen molar-refractivity contribution < 1.29 is 9.59 Å². The van der Waals surface area contributed by atoms with Crippen LogP contribution in [0.25, 0.3) is 0 Å². The number of rotatable bonds is 6. The molecule has 0 bridgehead atoms. The van der Waals surface area contributed by atoms with E-state index in [-0.39, 0.29) is 35.0 Å². The highest BCUT2D eigenvalue weighted by molar-refractivity contribution is 5.83. The van der Waals surface area contributed by atoms with Crippen molar-refractivity contribution in [3.8, 4) is 0 Å². The van der Waals surface area contributed by atoms with Crippen LogP contribution in [0, 0.1) is 0 Å². The third-order valence-electron chi connectivity index (χ3n) is 2.53. The SMILES string of the molecule is CC(C)NC(=O)CCC(NC(C)(C)C)C(=O)NC(C)(C)C. The number of hydrogen-bond donors (Lipinski definition) is 3. The van der Waals surface area contributed by atoms with Crippen LogP contribution in [0.3, 0.4) is 0 Å². The van der Waals surface area contributed by atoms with Gasteiger partial charge in [-0.3, -0.25) is 9.59 Å². The summed E-state index contributed by atoms with van der Waals surface area (Å²) in [5, 5.41) is 9.12. The number of carbonyl (C=O) groups excluding carboxylic acids is 2. The molecule has 0 fully saturated rings. The third-order valence-corrected chi connectivity index (χ3v) is 2.53. The van der Waals surface area contributed by atoms with Crippen molar-refractivity contribution >= 4 is 11.8 Å². The van der Waals surface area contributed by atoms with Crippen molar-refractivity contribution in [2.75, 3.05) is 0 Å². The van der Waals surface area contributed by atoms with Crippen LogP contribution in [-0.2, 0) is 9.59 Å². The minimum absolute atomic E-state index is 0.0192. The Balaban J connectivity index is 4.68. The molecule has 0 rings (SSSR count). The minimum Gasteiger partial charge on any atom is -0.354 e. The van der Waals surface area contributed by atoms with Gasteiger partial charge in [0.2, 0.25) is 11.8 Å². The molecule has 3 N–H and O–H groups in total. The van der Waals surface area contributed by atoms with E-state index in [0.29, 0.717) is 12.8 Å². The maximum absolute atomic E-state index is 12.4. The largest absolute Gasteiger partial charge is 0.354 e. The van der Waals surface area contributed by atoms with Crippen LogP contribution in [0.4, 0.5) is 0 Å². The monoisotopic (exact) mass is 299 g/mol. The van der Waals surface area contributed by atoms with E-state index >= 15 is 0 Å². The van der Waals surface area contributed by atoms with Gasteiger partial charge in [-0.05, 0) is 61.8 Å². The zero-order valence-electron chi connectivity index (χ0n) is 14.9. The topological polar surface area (TPSA) is 70.2 Å². The summed E-state index contributed by atoms with van der Waals surface area (Å²) in [5.74, 6) is -0.0796. The fourth-order valence-electron chi connectivity index (χ4n) is 1.92. The molecule has 0 saturated carbocycles. The summed E-state index contributed by atoms with van der Waals surface area (Å²) in [6.45, 7) is 15.7. The molecule has 0 radical (unpaired) electrons. The van der Waals surface area contributed by atoms with Crippen LogP contribution in [0.2, 0.25) is 0 Å². The van der Waals surface area contributed by atoms with Crippen LogP contribution in [0.5, 0.6) is 0 Å². The van der Waals surface area contributed by atoms with E-state index in [9.17, 15) is 9.59 Å². The molecule has 0 heterocycles. The van der Waals surface area contributed by atoms with Crippen LogP contribution in [-0.4, -0.2) is 35.0 Å². The second kappa shape index (κ2) is 7.78. The van der Waals surface area contributed by atoms with Crippen molar-refractivity contribution in [1.29, 1.82) is 0 Å². The third kappa shape index (κ3) is 11.3. The summed E-state index contributed by atoms with van der Waals surface area (Å²) in [6.07, 6.45) is 0.821. The molecule has 0 aliphatic heterocycles. The van der Waals surface area contributed by atoms with Gasteiger partial charge in [0.25, 0.3) is 0 Å². The van der Waals surface area contributed by atoms with Crippen LogP contribution < -0.4 is 16.0 Å². The van der Waals surface area contributed by atoms with E-state index in [1.54, 1.807) is 0 Å². The average Bonchev–Trinajstić information content (AvgIpc) is 2.18. The molecule has 21 heavy (non-hydrogen) atoms. The van der Waals surface area contributed by atoms with Gasteiger partial charge in [0.05, 0.1) is 6.04 Å². The summed E-state index contributed by atoms with van der Waals surface area (Å²) in [5.41, 5.74) is -0.469. The molecular formula is C16H33N3O2. The molecule has 2 amide bonds. The highest BCUT2D eigenvalue weighted by atomic mass is 16.2. The van der Waals surface area contributed by atoms with Crippen molar-refractivity contribution in [2.24, 2.45) is 0 Å². The van der Waals surface area contributed by atoms with Gasteiger partial charge in [0.15, 0.2) is 0 Å². The molecule has 0 saturated heterocycles. The molecule has 0 aromatic rings. The zero-order valence-corrected chi connectivity index (χ0v) is 14.9. The van der Waals surface area contributed by atoms with E-state index in [4.69, 9.17) is 0 Å². The smallest absolute Gasteiger partial charge is 0.237 e. The Morgan fingerprint density at radius 2 is 1.48 bits per heavy atom. The van der Waals surface area contributed by atoms with E-state index in [1.807, 2.05) is 55.4 Å². The number of hydrogen-bond acceptors (Lipinski definition) is 3. The number of amides is 2. The van der Waals surface area contributed by atoms with Crippen molar-refractivity contribution in [1.82, 2.24) is 16.0 Å². The van der Waals surface area contributed by atoms with Crippen molar-refractivity contribution in [3.05, 3.63) is 0 Å². The highest BCUT2D eigenvalue weighted by Gasteiger charge is 2.26. The first kappa shape index (κ1) is 19.9. The summed E-state index contributed by atoms with van der Waals surface area (Å²) in [4.78, 5) is 24.1. The normalized spacial score (nSPS) is 14.0. The minimum atomic E-state index is -0.373. The summed E-state index contributed by atoms with van der Waals surface area (Å²) >= 11 is 0. The Morgan fingerprint density at radius 1 is 0.952 bits per heavy atom. The van der Waals surface area contributed by atoms with E-state index < -0.39 is 0 Å². The molecule has 0 aromatic carbocycles. The van der Waals surface area contributed by atoms with Gasteiger partial charge in [-0.2, -0.15) is 0 Å². The van der Waals surface area contributed by atoms with E-state index in [0.717, 1.165) is 0 Å². The Kier molecular flexibility index (Phi) is 7.37. The van der Waals surface area contributed by atoms with E-state index in [1.165, 1.54) is 0 Å². The van der Waals surface area contributed by atoms with Gasteiger partial charge in [0, 0.05) is 23.5 Å². The molecule has 5 nitrogen and oxygen atoms in total. The van der Waals surface area contributed by atoms with Gasteiger partial charge in [-0.1, -0.05) is 0 Å². The van der Waals surface area contributed by atoms with Gasteiger partial charge < -0.3 is 16.0 Å². The lowest BCUT2D eigenvalue weighted by Crippen LogP contribution is -2.55. The molecule has 1 atom stereocenters. The lowest BCUT2D eigenvalue weighted by molar-refractivity contribution is -0.125. The second-order valence-electron chi connectivity index (χ2n) is 7.95. The fraction of sp³-hybridized carbons (Fsp3) is 0.875. The standard InChI is InChI=1S/C16H33N3O2/c1-11(2)17-13(20)10-9-12(18-15(3,4)5)14(21)19-16(6,7)8/h11-12,18H,9-10H2,1-8H3,(H,17,20)(H,19,21). The molecule has 0 aliphatic carbocycles. The molecule has 0 aromatic heterocycles.